The zero-order chi connectivity index (χ0) is 36.6. The smallest absolute Gasteiger partial charge is 0.255 e. The molecule has 2 amide bonds. The summed E-state index contributed by atoms with van der Waals surface area (Å²) < 4.78 is 0. The van der Waals surface area contributed by atoms with Gasteiger partial charge in [-0.3, -0.25) is 31.2 Å². The van der Waals surface area contributed by atoms with E-state index >= 15 is 0 Å². The largest absolute Gasteiger partial charge is 0.369 e. The van der Waals surface area contributed by atoms with Crippen LogP contribution < -0.4 is 55.3 Å². The van der Waals surface area contributed by atoms with Crippen LogP contribution in [0, 0.1) is 34.0 Å². The van der Waals surface area contributed by atoms with Crippen LogP contribution in [0.3, 0.4) is 0 Å². The maximum Gasteiger partial charge on any atom is 0.255 e. The molecule has 0 aromatic heterocycles. The Balaban J connectivity index is 1.93. The van der Waals surface area contributed by atoms with Gasteiger partial charge >= 0.3 is 0 Å². The average Bonchev–Trinajstić information content (AvgIpc) is 3.03. The highest BCUT2D eigenvalue weighted by molar-refractivity contribution is 6.10. The summed E-state index contributed by atoms with van der Waals surface area (Å²) in [6.07, 6.45) is 11.1. The molecule has 3 aromatic rings. The summed E-state index contributed by atoms with van der Waals surface area (Å²) in [5.41, 5.74) is 33.1. The van der Waals surface area contributed by atoms with E-state index in [4.69, 9.17) is 51.0 Å². The third-order valence-electron chi connectivity index (χ3n) is 5.69. The maximum atomic E-state index is 13.4. The minimum atomic E-state index is -0.607. The lowest BCUT2D eigenvalue weighted by Gasteiger charge is -2.11. The normalized spacial score (nSPS) is 10.9. The Hall–Kier alpha value is -8.08. The van der Waals surface area contributed by atoms with Crippen LogP contribution >= 0.6 is 0 Å². The molecule has 0 heterocycles. The highest BCUT2D eigenvalue weighted by atomic mass is 16.2. The Morgan fingerprint density at radius 2 is 0.840 bits per heavy atom. The Bertz CT molecular complexity index is 1770. The van der Waals surface area contributed by atoms with Gasteiger partial charge < -0.3 is 33.6 Å². The van der Waals surface area contributed by atoms with Crippen molar-refractivity contribution in [3.63, 3.8) is 0 Å². The second-order valence-corrected chi connectivity index (χ2v) is 9.76. The van der Waals surface area contributed by atoms with Gasteiger partial charge in [0.25, 0.3) is 11.8 Å². The maximum absolute atomic E-state index is 13.4. The summed E-state index contributed by atoms with van der Waals surface area (Å²) >= 11 is 0. The summed E-state index contributed by atoms with van der Waals surface area (Å²) in [7, 11) is 0. The molecule has 3 rings (SSSR count). The predicted molar refractivity (Wildman–Crippen MR) is 194 cm³/mol. The molecule has 0 fully saturated rings. The average molecular weight is 677 g/mol. The van der Waals surface area contributed by atoms with Crippen LogP contribution in [0.4, 0.5) is 11.4 Å². The first-order valence-electron chi connectivity index (χ1n) is 13.9. The predicted octanol–water partition coefficient (Wildman–Crippen LogP) is -0.560. The molecule has 0 aliphatic carbocycles. The number of benzene rings is 3. The number of terminal acetylenes is 1. The van der Waals surface area contributed by atoms with Gasteiger partial charge in [-0.15, -0.1) is 6.42 Å². The van der Waals surface area contributed by atoms with Crippen LogP contribution in [-0.4, -0.2) is 60.5 Å². The zero-order valence-electron chi connectivity index (χ0n) is 26.0. The van der Waals surface area contributed by atoms with E-state index in [1.54, 1.807) is 36.4 Å². The van der Waals surface area contributed by atoms with Gasteiger partial charge in [-0.25, -0.2) is 21.7 Å². The molecular formula is C30H32N18O2. The van der Waals surface area contributed by atoms with Gasteiger partial charge in [-0.2, -0.15) is 20.4 Å². The summed E-state index contributed by atoms with van der Waals surface area (Å²) in [4.78, 5) is 26.9. The molecule has 50 heavy (non-hydrogen) atoms. The Kier molecular flexibility index (Phi) is 12.8. The van der Waals surface area contributed by atoms with Gasteiger partial charge in [-0.05, 0) is 76.9 Å². The topological polar surface area (TPSA) is 355 Å². The summed E-state index contributed by atoms with van der Waals surface area (Å²) in [6.45, 7) is 0. The molecule has 0 atom stereocenters. The minimum absolute atomic E-state index is 0.0655. The number of carbonyl (C=O) groups excluding carboxylic acids is 2. The van der Waals surface area contributed by atoms with Crippen molar-refractivity contribution in [3.8, 4) is 12.3 Å². The van der Waals surface area contributed by atoms with Crippen LogP contribution in [0.25, 0.3) is 0 Å². The highest BCUT2D eigenvalue weighted by Gasteiger charge is 2.15. The van der Waals surface area contributed by atoms with E-state index in [1.165, 1.54) is 43.1 Å². The van der Waals surface area contributed by atoms with E-state index in [0.29, 0.717) is 33.6 Å². The molecule has 0 aliphatic rings. The fraction of sp³-hybridized carbons (Fsp3) is 0. The number of nitrogens with one attached hydrogen (secondary N) is 10. The number of rotatable bonds is 12. The molecule has 0 radical (unpaired) electrons. The van der Waals surface area contributed by atoms with Gasteiger partial charge in [0.05, 0.1) is 24.9 Å². The molecule has 0 bridgehead atoms. The zero-order valence-corrected chi connectivity index (χ0v) is 26.0. The third-order valence-corrected chi connectivity index (χ3v) is 5.69. The van der Waals surface area contributed by atoms with Gasteiger partial charge in [0.1, 0.15) is 0 Å². The fourth-order valence-corrected chi connectivity index (χ4v) is 3.88. The number of hydrazone groups is 4. The standard InChI is InChI=1S/C30H32N18O2/c1-2-16-5-21(25(49)43-23-7-17(12-39-45-27(31)32)3-18(8-23)13-40-46-28(33)34)11-22(6-16)26(50)44-24-9-19(14-41-47-29(35)36)4-20(10-24)15-42-48-30(37)38/h1,3-15H,(H,43,49)(H,44,50)(H4,31,32,45)(H4,33,34,46)(H4,35,36,47)(H4,37,38,48)/b39-12-,40-13-,41-14-,42-15+. The second kappa shape index (κ2) is 17.6. The lowest BCUT2D eigenvalue weighted by Crippen LogP contribution is -2.25. The number of guanidine groups is 4. The van der Waals surface area contributed by atoms with Crippen LogP contribution in [0.2, 0.25) is 0 Å². The molecule has 254 valence electrons. The van der Waals surface area contributed by atoms with Crippen molar-refractivity contribution in [1.82, 2.24) is 21.7 Å². The van der Waals surface area contributed by atoms with Crippen LogP contribution in [0.5, 0.6) is 0 Å². The monoisotopic (exact) mass is 676 g/mol. The summed E-state index contributed by atoms with van der Waals surface area (Å²) in [5, 5.41) is 49.9. The molecule has 18 N–H and O–H groups in total. The van der Waals surface area contributed by atoms with E-state index in [2.05, 4.69) is 58.7 Å². The van der Waals surface area contributed by atoms with Crippen molar-refractivity contribution in [1.29, 1.82) is 21.6 Å². The van der Waals surface area contributed by atoms with Crippen LogP contribution in [0.1, 0.15) is 48.5 Å². The van der Waals surface area contributed by atoms with E-state index in [1.807, 2.05) is 0 Å². The van der Waals surface area contributed by atoms with Gasteiger partial charge in [0.15, 0.2) is 0 Å². The SMILES string of the molecule is C#Cc1cc(C(=O)Nc2cc(/C=N\NC(=N)N)cc(/C=N\NC(=N)N)c2)cc(C(=O)Nc2cc(/C=N\NC(=N)N)cc(/C=N/NC(=N)N)c2)c1. The number of amides is 2. The lowest BCUT2D eigenvalue weighted by atomic mass is 10.0. The van der Waals surface area contributed by atoms with Crippen molar-refractivity contribution in [2.75, 3.05) is 10.6 Å². The number of hydrogen-bond donors (Lipinski definition) is 14. The van der Waals surface area contributed by atoms with E-state index in [-0.39, 0.29) is 40.5 Å². The van der Waals surface area contributed by atoms with Gasteiger partial charge in [-0.1, -0.05) is 5.92 Å². The van der Waals surface area contributed by atoms with E-state index in [9.17, 15) is 9.59 Å². The number of carbonyl (C=O) groups is 2. The molecule has 3 aromatic carbocycles. The first-order valence-corrected chi connectivity index (χ1v) is 13.9. The lowest BCUT2D eigenvalue weighted by molar-refractivity contribution is 0.102. The van der Waals surface area contributed by atoms with Crippen molar-refractivity contribution < 1.29 is 9.59 Å². The van der Waals surface area contributed by atoms with Crippen molar-refractivity contribution >= 4 is 71.9 Å². The highest BCUT2D eigenvalue weighted by Crippen LogP contribution is 2.19. The molecular weight excluding hydrogens is 644 g/mol. The van der Waals surface area contributed by atoms with Crippen LogP contribution in [-0.2, 0) is 0 Å². The van der Waals surface area contributed by atoms with E-state index < -0.39 is 11.8 Å². The van der Waals surface area contributed by atoms with E-state index in [0.717, 1.165) is 0 Å². The third kappa shape index (κ3) is 12.4. The number of nitrogens with two attached hydrogens (primary N) is 4. The molecule has 0 saturated carbocycles. The minimum Gasteiger partial charge on any atom is -0.369 e. The summed E-state index contributed by atoms with van der Waals surface area (Å²) in [6, 6.07) is 13.8. The summed E-state index contributed by atoms with van der Waals surface area (Å²) in [5.74, 6) is -0.303. The first-order chi connectivity index (χ1) is 23.8. The molecule has 20 nitrogen and oxygen atoms in total. The number of nitrogens with zero attached hydrogens (tertiary/aromatic N) is 4. The Labute approximate surface area is 284 Å². The van der Waals surface area contributed by atoms with Crippen molar-refractivity contribution in [2.24, 2.45) is 43.3 Å². The number of hydrogen-bond acceptors (Lipinski definition) is 10. The molecule has 20 heteroatoms. The van der Waals surface area contributed by atoms with Crippen molar-refractivity contribution in [2.45, 2.75) is 0 Å². The first kappa shape index (κ1) is 36.4. The molecule has 0 saturated heterocycles. The fourth-order valence-electron chi connectivity index (χ4n) is 3.88. The molecule has 0 aliphatic heterocycles. The van der Waals surface area contributed by atoms with Gasteiger partial charge in [0, 0.05) is 28.1 Å². The quantitative estimate of drug-likeness (QED) is 0.0501. The Morgan fingerprint density at radius 3 is 1.10 bits per heavy atom. The molecule has 0 spiro atoms. The second-order valence-electron chi connectivity index (χ2n) is 9.76. The Morgan fingerprint density at radius 1 is 0.540 bits per heavy atom. The van der Waals surface area contributed by atoms with Crippen molar-refractivity contribution in [3.05, 3.63) is 93.5 Å². The van der Waals surface area contributed by atoms with Crippen LogP contribution in [0.15, 0.2) is 75.0 Å². The number of anilines is 2. The van der Waals surface area contributed by atoms with Gasteiger partial charge in [0.2, 0.25) is 23.8 Å². The molecule has 0 unspecified atom stereocenters.